The fourth-order valence-corrected chi connectivity index (χ4v) is 2.52. The van der Waals surface area contributed by atoms with Gasteiger partial charge in [-0.25, -0.2) is 0 Å². The minimum atomic E-state index is -0.300. The van der Waals surface area contributed by atoms with Crippen molar-refractivity contribution in [3.8, 4) is 6.07 Å². The second kappa shape index (κ2) is 6.19. The van der Waals surface area contributed by atoms with Crippen molar-refractivity contribution >= 4 is 0 Å². The first-order chi connectivity index (χ1) is 7.71. The molecule has 0 spiro atoms. The van der Waals surface area contributed by atoms with E-state index in [1.165, 1.54) is 0 Å². The molecule has 0 bridgehead atoms. The molecule has 0 radical (unpaired) electrons. The lowest BCUT2D eigenvalue weighted by molar-refractivity contribution is 0.123. The van der Waals surface area contributed by atoms with Gasteiger partial charge in [-0.05, 0) is 32.9 Å². The van der Waals surface area contributed by atoms with E-state index in [1.54, 1.807) is 7.11 Å². The van der Waals surface area contributed by atoms with Crippen LogP contribution in [-0.2, 0) is 4.74 Å². The molecule has 0 aliphatic heterocycles. The number of methoxy groups -OCH3 is 1. The first-order valence-corrected chi connectivity index (χ1v) is 6.04. The van der Waals surface area contributed by atoms with Crippen molar-refractivity contribution in [1.29, 1.82) is 5.26 Å². The number of nitriles is 1. The molecule has 1 N–H and O–H groups in total. The molecular weight excluding hydrogens is 202 g/mol. The quantitative estimate of drug-likeness (QED) is 0.732. The summed E-state index contributed by atoms with van der Waals surface area (Å²) in [5.41, 5.74) is -0.300. The Morgan fingerprint density at radius 2 is 2.38 bits per heavy atom. The maximum absolute atomic E-state index is 9.21. The van der Waals surface area contributed by atoms with E-state index in [4.69, 9.17) is 4.74 Å². The minimum absolute atomic E-state index is 0.300. The van der Waals surface area contributed by atoms with Crippen LogP contribution in [0.15, 0.2) is 0 Å². The first-order valence-electron chi connectivity index (χ1n) is 6.04. The lowest BCUT2D eigenvalue weighted by atomic mass is 10.00. The van der Waals surface area contributed by atoms with E-state index >= 15 is 0 Å². The summed E-state index contributed by atoms with van der Waals surface area (Å²) < 4.78 is 5.12. The van der Waals surface area contributed by atoms with Crippen LogP contribution in [0.2, 0.25) is 0 Å². The molecule has 1 saturated carbocycles. The summed E-state index contributed by atoms with van der Waals surface area (Å²) in [6, 6.07) is 2.94. The Labute approximate surface area is 98.6 Å². The molecular formula is C12H23N3O. The van der Waals surface area contributed by atoms with E-state index in [9.17, 15) is 5.26 Å². The van der Waals surface area contributed by atoms with E-state index in [0.29, 0.717) is 6.04 Å². The third-order valence-electron chi connectivity index (χ3n) is 3.69. The molecule has 1 rings (SSSR count). The minimum Gasteiger partial charge on any atom is -0.383 e. The number of nitrogens with one attached hydrogen (secondary N) is 1. The predicted octanol–water partition coefficient (Wildman–Crippen LogP) is 0.989. The summed E-state index contributed by atoms with van der Waals surface area (Å²) >= 11 is 0. The van der Waals surface area contributed by atoms with E-state index in [2.05, 4.69) is 23.2 Å². The summed E-state index contributed by atoms with van der Waals surface area (Å²) in [6.45, 7) is 4.92. The van der Waals surface area contributed by atoms with Crippen LogP contribution in [0.1, 0.15) is 26.2 Å². The Morgan fingerprint density at radius 1 is 1.62 bits per heavy atom. The number of likely N-dealkylation sites (N-methyl/N-ethyl adjacent to an activating group) is 1. The van der Waals surface area contributed by atoms with Gasteiger partial charge in [-0.15, -0.1) is 0 Å². The molecule has 1 fully saturated rings. The number of rotatable bonds is 6. The zero-order valence-corrected chi connectivity index (χ0v) is 10.6. The van der Waals surface area contributed by atoms with Gasteiger partial charge in [-0.1, -0.05) is 6.92 Å². The van der Waals surface area contributed by atoms with Gasteiger partial charge in [0, 0.05) is 19.7 Å². The summed E-state index contributed by atoms with van der Waals surface area (Å²) in [4.78, 5) is 2.42. The summed E-state index contributed by atoms with van der Waals surface area (Å²) in [5, 5.41) is 12.4. The Balaban J connectivity index is 2.53. The number of ether oxygens (including phenoxy) is 1. The highest BCUT2D eigenvalue weighted by Gasteiger charge is 2.39. The van der Waals surface area contributed by atoms with E-state index in [0.717, 1.165) is 39.0 Å². The molecule has 4 nitrogen and oxygen atoms in total. The van der Waals surface area contributed by atoms with Gasteiger partial charge < -0.3 is 10.1 Å². The van der Waals surface area contributed by atoms with Crippen molar-refractivity contribution in [3.63, 3.8) is 0 Å². The third-order valence-corrected chi connectivity index (χ3v) is 3.69. The zero-order chi connectivity index (χ0) is 12.0. The van der Waals surface area contributed by atoms with Gasteiger partial charge in [0.25, 0.3) is 0 Å². The van der Waals surface area contributed by atoms with Crippen LogP contribution in [0.25, 0.3) is 0 Å². The molecule has 0 heterocycles. The fourth-order valence-electron chi connectivity index (χ4n) is 2.52. The molecule has 0 aromatic heterocycles. The Kier molecular flexibility index (Phi) is 5.20. The molecule has 92 valence electrons. The standard InChI is InChI=1S/C12H23N3O/c1-4-15(7-8-16-3)11-5-6-12(9-11,10-13)14-2/h11,14H,4-9H2,1-3H3. The summed E-state index contributed by atoms with van der Waals surface area (Å²) in [7, 11) is 3.62. The second-order valence-electron chi connectivity index (χ2n) is 4.46. The smallest absolute Gasteiger partial charge is 0.108 e. The molecule has 2 unspecified atom stereocenters. The van der Waals surface area contributed by atoms with Crippen molar-refractivity contribution in [1.82, 2.24) is 10.2 Å². The van der Waals surface area contributed by atoms with Crippen molar-refractivity contribution in [2.45, 2.75) is 37.8 Å². The van der Waals surface area contributed by atoms with E-state index in [-0.39, 0.29) is 5.54 Å². The Hall–Kier alpha value is -0.630. The molecule has 0 amide bonds. The predicted molar refractivity (Wildman–Crippen MR) is 64.2 cm³/mol. The normalized spacial score (nSPS) is 29.6. The molecule has 0 saturated heterocycles. The average Bonchev–Trinajstić information content (AvgIpc) is 2.75. The number of hydrogen-bond donors (Lipinski definition) is 1. The zero-order valence-electron chi connectivity index (χ0n) is 10.6. The van der Waals surface area contributed by atoms with Crippen LogP contribution >= 0.6 is 0 Å². The molecule has 16 heavy (non-hydrogen) atoms. The Morgan fingerprint density at radius 3 is 2.81 bits per heavy atom. The van der Waals surface area contributed by atoms with Gasteiger partial charge >= 0.3 is 0 Å². The van der Waals surface area contributed by atoms with Crippen LogP contribution < -0.4 is 5.32 Å². The average molecular weight is 225 g/mol. The van der Waals surface area contributed by atoms with Gasteiger partial charge in [-0.2, -0.15) is 5.26 Å². The highest BCUT2D eigenvalue weighted by Crippen LogP contribution is 2.32. The van der Waals surface area contributed by atoms with Gasteiger partial charge in [0.05, 0.1) is 12.7 Å². The summed E-state index contributed by atoms with van der Waals surface area (Å²) in [6.07, 6.45) is 2.98. The Bertz CT molecular complexity index is 251. The molecule has 1 aliphatic rings. The third kappa shape index (κ3) is 2.94. The van der Waals surface area contributed by atoms with Gasteiger partial charge in [0.15, 0.2) is 0 Å². The summed E-state index contributed by atoms with van der Waals surface area (Å²) in [5.74, 6) is 0. The monoisotopic (exact) mass is 225 g/mol. The van der Waals surface area contributed by atoms with E-state index in [1.807, 2.05) is 7.05 Å². The topological polar surface area (TPSA) is 48.3 Å². The molecule has 1 aliphatic carbocycles. The van der Waals surface area contributed by atoms with Crippen molar-refractivity contribution < 1.29 is 4.74 Å². The highest BCUT2D eigenvalue weighted by atomic mass is 16.5. The molecule has 2 atom stereocenters. The van der Waals surface area contributed by atoms with Gasteiger partial charge in [-0.3, -0.25) is 4.90 Å². The fraction of sp³-hybridized carbons (Fsp3) is 0.917. The largest absolute Gasteiger partial charge is 0.383 e. The van der Waals surface area contributed by atoms with Crippen LogP contribution in [0.4, 0.5) is 0 Å². The highest BCUT2D eigenvalue weighted by molar-refractivity contribution is 5.12. The molecule has 4 heteroatoms. The van der Waals surface area contributed by atoms with Crippen LogP contribution in [0.3, 0.4) is 0 Å². The van der Waals surface area contributed by atoms with E-state index < -0.39 is 0 Å². The SMILES string of the molecule is CCN(CCOC)C1CCC(C#N)(NC)C1. The number of nitrogens with zero attached hydrogens (tertiary/aromatic N) is 2. The first kappa shape index (κ1) is 13.4. The van der Waals surface area contributed by atoms with Crippen LogP contribution in [0, 0.1) is 11.3 Å². The lowest BCUT2D eigenvalue weighted by Crippen LogP contribution is -2.42. The molecule has 0 aromatic rings. The maximum Gasteiger partial charge on any atom is 0.108 e. The lowest BCUT2D eigenvalue weighted by Gasteiger charge is -2.28. The van der Waals surface area contributed by atoms with Gasteiger partial charge in [0.1, 0.15) is 5.54 Å². The van der Waals surface area contributed by atoms with Crippen molar-refractivity contribution in [2.24, 2.45) is 0 Å². The second-order valence-corrected chi connectivity index (χ2v) is 4.46. The maximum atomic E-state index is 9.21. The number of hydrogen-bond acceptors (Lipinski definition) is 4. The van der Waals surface area contributed by atoms with Gasteiger partial charge in [0.2, 0.25) is 0 Å². The van der Waals surface area contributed by atoms with Crippen LogP contribution in [0.5, 0.6) is 0 Å². The molecule has 0 aromatic carbocycles. The van der Waals surface area contributed by atoms with Crippen molar-refractivity contribution in [3.05, 3.63) is 0 Å². The van der Waals surface area contributed by atoms with Crippen LogP contribution in [-0.4, -0.2) is 50.3 Å². The van der Waals surface area contributed by atoms with Crippen molar-refractivity contribution in [2.75, 3.05) is 33.9 Å².